The Hall–Kier alpha value is -2.89. The molecule has 0 radical (unpaired) electrons. The average Bonchev–Trinajstić information content (AvgIpc) is 2.47. The Balaban J connectivity index is 2.71. The molecule has 0 aliphatic carbocycles. The predicted octanol–water partition coefficient (Wildman–Crippen LogP) is 3.31. The number of nitrogens with zero attached hydrogens (tertiary/aromatic N) is 3. The Morgan fingerprint density at radius 3 is 2.00 bits per heavy atom. The van der Waals surface area contributed by atoms with Crippen LogP contribution >= 0.6 is 11.8 Å². The summed E-state index contributed by atoms with van der Waals surface area (Å²) in [5.74, 6) is 0. The third-order valence-electron chi connectivity index (χ3n) is 2.77. The van der Waals surface area contributed by atoms with Crippen LogP contribution in [0.3, 0.4) is 0 Å². The van der Waals surface area contributed by atoms with Crippen molar-refractivity contribution >= 4 is 23.1 Å². The standard InChI is InChI=1S/C12H6F3N3O5S/c13-12(14,15)7-5-8(17(20)21)11(9(6-7)18(22)23)24-10-3-1-2-4-16(10)19/h1-6H. The van der Waals surface area contributed by atoms with E-state index in [1.807, 2.05) is 0 Å². The molecule has 1 heterocycles. The van der Waals surface area contributed by atoms with Gasteiger partial charge in [-0.25, -0.2) is 0 Å². The highest BCUT2D eigenvalue weighted by atomic mass is 32.2. The summed E-state index contributed by atoms with van der Waals surface area (Å²) in [6.07, 6.45) is -3.95. The molecule has 0 saturated heterocycles. The second kappa shape index (κ2) is 6.31. The highest BCUT2D eigenvalue weighted by Crippen LogP contribution is 2.44. The van der Waals surface area contributed by atoms with E-state index >= 15 is 0 Å². The Morgan fingerprint density at radius 1 is 1.04 bits per heavy atom. The Morgan fingerprint density at radius 2 is 1.58 bits per heavy atom. The van der Waals surface area contributed by atoms with Crippen molar-refractivity contribution in [3.05, 3.63) is 67.5 Å². The number of aromatic nitrogens is 1. The number of halogens is 3. The van der Waals surface area contributed by atoms with E-state index in [2.05, 4.69) is 0 Å². The van der Waals surface area contributed by atoms with E-state index in [0.29, 0.717) is 11.8 Å². The molecule has 0 saturated carbocycles. The van der Waals surface area contributed by atoms with Gasteiger partial charge in [0, 0.05) is 24.3 Å². The Bertz CT molecular complexity index is 793. The maximum absolute atomic E-state index is 12.8. The molecule has 0 fully saturated rings. The number of benzene rings is 1. The van der Waals surface area contributed by atoms with Crippen LogP contribution in [-0.2, 0) is 6.18 Å². The maximum atomic E-state index is 12.8. The van der Waals surface area contributed by atoms with Crippen LogP contribution in [0.2, 0.25) is 0 Å². The summed E-state index contributed by atoms with van der Waals surface area (Å²) in [7, 11) is 0. The van der Waals surface area contributed by atoms with Crippen molar-refractivity contribution in [2.24, 2.45) is 0 Å². The lowest BCUT2D eigenvalue weighted by Crippen LogP contribution is -2.27. The van der Waals surface area contributed by atoms with Gasteiger partial charge in [0.15, 0.2) is 11.1 Å². The van der Waals surface area contributed by atoms with Gasteiger partial charge < -0.3 is 5.21 Å². The van der Waals surface area contributed by atoms with Crippen LogP contribution in [0.15, 0.2) is 46.5 Å². The molecule has 0 atom stereocenters. The first-order chi connectivity index (χ1) is 11.1. The molecule has 0 unspecified atom stereocenters. The second-order valence-electron chi connectivity index (χ2n) is 4.32. The van der Waals surface area contributed by atoms with E-state index in [1.54, 1.807) is 0 Å². The second-order valence-corrected chi connectivity index (χ2v) is 5.35. The van der Waals surface area contributed by atoms with Gasteiger partial charge in [-0.15, -0.1) is 0 Å². The third kappa shape index (κ3) is 3.53. The molecule has 126 valence electrons. The van der Waals surface area contributed by atoms with Crippen molar-refractivity contribution in [1.29, 1.82) is 0 Å². The molecule has 2 aromatic rings. The first-order valence-electron chi connectivity index (χ1n) is 6.01. The zero-order chi connectivity index (χ0) is 18.1. The number of nitro benzene ring substituents is 2. The van der Waals surface area contributed by atoms with Crippen molar-refractivity contribution < 1.29 is 27.7 Å². The van der Waals surface area contributed by atoms with Crippen LogP contribution in [0.5, 0.6) is 0 Å². The monoisotopic (exact) mass is 361 g/mol. The average molecular weight is 361 g/mol. The number of alkyl halides is 3. The topological polar surface area (TPSA) is 113 Å². The summed E-state index contributed by atoms with van der Waals surface area (Å²) < 4.78 is 38.7. The van der Waals surface area contributed by atoms with Crippen LogP contribution in [0.25, 0.3) is 0 Å². The van der Waals surface area contributed by atoms with Crippen molar-refractivity contribution in [2.75, 3.05) is 0 Å². The highest BCUT2D eigenvalue weighted by molar-refractivity contribution is 7.99. The lowest BCUT2D eigenvalue weighted by atomic mass is 10.1. The van der Waals surface area contributed by atoms with Gasteiger partial charge >= 0.3 is 6.18 Å². The molecule has 0 aliphatic heterocycles. The molecule has 1 aromatic carbocycles. The van der Waals surface area contributed by atoms with Crippen LogP contribution in [-0.4, -0.2) is 9.85 Å². The van der Waals surface area contributed by atoms with E-state index in [0.717, 1.165) is 6.20 Å². The van der Waals surface area contributed by atoms with Crippen LogP contribution in [0.4, 0.5) is 24.5 Å². The lowest BCUT2D eigenvalue weighted by molar-refractivity contribution is -0.645. The molecule has 8 nitrogen and oxygen atoms in total. The summed E-state index contributed by atoms with van der Waals surface area (Å²) in [5, 5.41) is 33.6. The number of pyridine rings is 1. The van der Waals surface area contributed by atoms with E-state index in [4.69, 9.17) is 0 Å². The fraction of sp³-hybridized carbons (Fsp3) is 0.0833. The zero-order valence-corrected chi connectivity index (χ0v) is 12.2. The molecule has 0 N–H and O–H groups in total. The van der Waals surface area contributed by atoms with Crippen molar-refractivity contribution in [3.63, 3.8) is 0 Å². The van der Waals surface area contributed by atoms with E-state index in [9.17, 15) is 38.6 Å². The minimum atomic E-state index is -5.00. The molecule has 0 aliphatic rings. The van der Waals surface area contributed by atoms with Gasteiger partial charge in [0.2, 0.25) is 0 Å². The number of nitro groups is 2. The highest BCUT2D eigenvalue weighted by Gasteiger charge is 2.38. The quantitative estimate of drug-likeness (QED) is 0.357. The molecule has 12 heteroatoms. The van der Waals surface area contributed by atoms with Crippen molar-refractivity contribution in [2.45, 2.75) is 16.1 Å². The first kappa shape index (κ1) is 17.5. The van der Waals surface area contributed by atoms with Crippen LogP contribution in [0, 0.1) is 25.4 Å². The van der Waals surface area contributed by atoms with Crippen molar-refractivity contribution in [3.8, 4) is 0 Å². The third-order valence-corrected chi connectivity index (χ3v) is 3.91. The molecule has 0 spiro atoms. The van der Waals surface area contributed by atoms with E-state index < -0.39 is 37.9 Å². The maximum Gasteiger partial charge on any atom is 0.416 e. The van der Waals surface area contributed by atoms with Gasteiger partial charge in [0.05, 0.1) is 15.4 Å². The van der Waals surface area contributed by atoms with Gasteiger partial charge in [-0.1, -0.05) is 0 Å². The molecular weight excluding hydrogens is 355 g/mol. The minimum absolute atomic E-state index is 0.163. The smallest absolute Gasteiger partial charge is 0.416 e. The largest absolute Gasteiger partial charge is 0.618 e. The van der Waals surface area contributed by atoms with E-state index in [1.165, 1.54) is 18.2 Å². The van der Waals surface area contributed by atoms with Crippen molar-refractivity contribution in [1.82, 2.24) is 0 Å². The van der Waals surface area contributed by atoms with Gasteiger partial charge in [-0.05, 0) is 17.8 Å². The van der Waals surface area contributed by atoms with Crippen LogP contribution in [0.1, 0.15) is 5.56 Å². The summed E-state index contributed by atoms with van der Waals surface area (Å²) in [6.45, 7) is 0. The van der Waals surface area contributed by atoms with E-state index in [-0.39, 0.29) is 21.9 Å². The van der Waals surface area contributed by atoms with Gasteiger partial charge in [0.1, 0.15) is 0 Å². The summed E-state index contributed by atoms with van der Waals surface area (Å²) >= 11 is 0.343. The molecule has 1 aromatic heterocycles. The fourth-order valence-electron chi connectivity index (χ4n) is 1.73. The van der Waals surface area contributed by atoms with Gasteiger partial charge in [-0.3, -0.25) is 20.2 Å². The Kier molecular flexibility index (Phi) is 4.59. The molecule has 2 rings (SSSR count). The molecule has 0 amide bonds. The first-order valence-corrected chi connectivity index (χ1v) is 6.83. The van der Waals surface area contributed by atoms with Gasteiger partial charge in [0.25, 0.3) is 16.4 Å². The predicted molar refractivity (Wildman–Crippen MR) is 74.3 cm³/mol. The zero-order valence-electron chi connectivity index (χ0n) is 11.4. The summed E-state index contributed by atoms with van der Waals surface area (Å²) in [6, 6.07) is 4.38. The molecule has 24 heavy (non-hydrogen) atoms. The van der Waals surface area contributed by atoms with Gasteiger partial charge in [-0.2, -0.15) is 17.9 Å². The summed E-state index contributed by atoms with van der Waals surface area (Å²) in [4.78, 5) is 19.1. The summed E-state index contributed by atoms with van der Waals surface area (Å²) in [5.41, 5.74) is -3.73. The molecular formula is C12H6F3N3O5S. The molecule has 0 bridgehead atoms. The number of hydrogen-bond acceptors (Lipinski definition) is 6. The Labute approximate surface area is 135 Å². The SMILES string of the molecule is O=[N+]([O-])c1cc(C(F)(F)F)cc([N+](=O)[O-])c1Sc1cccc[n+]1[O-]. The lowest BCUT2D eigenvalue weighted by Gasteiger charge is -2.09. The number of hydrogen-bond donors (Lipinski definition) is 0. The van der Waals surface area contributed by atoms with Crippen LogP contribution < -0.4 is 4.73 Å². The normalized spacial score (nSPS) is 11.3. The fourth-order valence-corrected chi connectivity index (χ4v) is 2.72. The number of rotatable bonds is 4. The minimum Gasteiger partial charge on any atom is -0.618 e.